The molecule has 25 atom stereocenters. The molecule has 7 fully saturated rings. The van der Waals surface area contributed by atoms with Crippen molar-refractivity contribution in [1.82, 2.24) is 0 Å². The molecule has 3 heterocycles. The second-order valence-electron chi connectivity index (χ2n) is 22.1. The molecule has 0 aromatic rings. The van der Waals surface area contributed by atoms with E-state index in [1.165, 1.54) is 6.92 Å². The van der Waals surface area contributed by atoms with Crippen molar-refractivity contribution in [3.63, 3.8) is 0 Å². The predicted molar refractivity (Wildman–Crippen MR) is 227 cm³/mol. The van der Waals surface area contributed by atoms with Gasteiger partial charge in [-0.05, 0) is 92.8 Å². The summed E-state index contributed by atoms with van der Waals surface area (Å²) in [6.07, 6.45) is -18.9. The zero-order valence-corrected chi connectivity index (χ0v) is 38.5. The van der Waals surface area contributed by atoms with Crippen molar-refractivity contribution in [3.05, 3.63) is 23.8 Å². The van der Waals surface area contributed by atoms with Crippen LogP contribution in [0, 0.1) is 44.8 Å². The number of hydrogen-bond acceptors (Lipinski definition) is 19. The summed E-state index contributed by atoms with van der Waals surface area (Å²) in [5.74, 6) is -0.839. The molecule has 0 aromatic carbocycles. The van der Waals surface area contributed by atoms with Crippen molar-refractivity contribution < 1.29 is 94.5 Å². The molecule has 5 aliphatic carbocycles. The van der Waals surface area contributed by atoms with Crippen LogP contribution in [0.4, 0.5) is 0 Å². The van der Waals surface area contributed by atoms with Gasteiger partial charge in [-0.1, -0.05) is 51.5 Å². The Bertz CT molecular complexity index is 1830. The maximum absolute atomic E-state index is 14.8. The molecule has 0 spiro atoms. The zero-order chi connectivity index (χ0) is 48.2. The van der Waals surface area contributed by atoms with Gasteiger partial charge >= 0.3 is 5.97 Å². The van der Waals surface area contributed by atoms with E-state index in [4.69, 9.17) is 28.4 Å². The molecular weight excluding hydrogens is 868 g/mol. The average molecular weight is 943 g/mol. The third-order valence-electron chi connectivity index (χ3n) is 18.8. The molecule has 0 amide bonds. The average Bonchev–Trinajstić information content (AvgIpc) is 3.28. The van der Waals surface area contributed by atoms with E-state index >= 15 is 0 Å². The standard InChI is InChI=1S/C47H74O19/c1-20-9-12-47(14-13-45(5)22(23(47)15-20)7-8-28-43(3)16-24(50)38(59)44(4,19-49)27(43)10-11-46(28,45)6)42(60)66-41-35(57)32(54)30(52)26(64-41)18-61-39-36(58)33(55)37(25(17-48)63-39)65-40-34(56)31(53)29(51)21(2)62-40/h7,21,23-41,48-59H,1,8-19H2,2-6H3/t21-,23-,24+,25+,26+,27+,28+,29-,30+,31+,32-,33+,34+,35+,36+,37+,38-,39+,40-,41-,43-,44-,45+,46+,47-/m0/s1. The van der Waals surface area contributed by atoms with Gasteiger partial charge in [-0.15, -0.1) is 0 Å². The normalized spacial score (nSPS) is 55.1. The van der Waals surface area contributed by atoms with Gasteiger partial charge in [0, 0.05) is 11.3 Å². The highest BCUT2D eigenvalue weighted by Crippen LogP contribution is 2.75. The number of carbonyl (C=O) groups is 1. The molecule has 376 valence electrons. The number of rotatable bonds is 9. The molecule has 0 unspecified atom stereocenters. The van der Waals surface area contributed by atoms with Crippen LogP contribution in [0.3, 0.4) is 0 Å². The summed E-state index contributed by atoms with van der Waals surface area (Å²) in [5, 5.41) is 129. The minimum atomic E-state index is -1.87. The molecule has 12 N–H and O–H groups in total. The number of aliphatic hydroxyl groups is 12. The van der Waals surface area contributed by atoms with Gasteiger partial charge in [0.05, 0.1) is 43.5 Å². The van der Waals surface area contributed by atoms with E-state index in [2.05, 4.69) is 33.4 Å². The van der Waals surface area contributed by atoms with Crippen molar-refractivity contribution in [1.29, 1.82) is 0 Å². The summed E-state index contributed by atoms with van der Waals surface area (Å²) in [5.41, 5.74) is -0.784. The fourth-order valence-corrected chi connectivity index (χ4v) is 14.5. The minimum Gasteiger partial charge on any atom is -0.432 e. The van der Waals surface area contributed by atoms with Crippen molar-refractivity contribution >= 4 is 5.97 Å². The van der Waals surface area contributed by atoms with Crippen LogP contribution in [0.25, 0.3) is 0 Å². The second kappa shape index (κ2) is 18.1. The van der Waals surface area contributed by atoms with Gasteiger partial charge in [-0.25, -0.2) is 0 Å². The molecule has 19 nitrogen and oxygen atoms in total. The number of hydrogen-bond donors (Lipinski definition) is 12. The van der Waals surface area contributed by atoms with Crippen LogP contribution >= 0.6 is 0 Å². The molecule has 3 saturated heterocycles. The first-order chi connectivity index (χ1) is 30.9. The van der Waals surface area contributed by atoms with Crippen LogP contribution in [0.2, 0.25) is 0 Å². The molecule has 0 aromatic heterocycles. The molecule has 0 bridgehead atoms. The number of aliphatic hydroxyl groups excluding tert-OH is 12. The minimum absolute atomic E-state index is 0.0197. The van der Waals surface area contributed by atoms with E-state index in [9.17, 15) is 66.1 Å². The summed E-state index contributed by atoms with van der Waals surface area (Å²) in [6, 6.07) is 0. The first-order valence-corrected chi connectivity index (χ1v) is 23.8. The Morgan fingerprint density at radius 1 is 0.758 bits per heavy atom. The van der Waals surface area contributed by atoms with Crippen LogP contribution in [0.15, 0.2) is 23.8 Å². The van der Waals surface area contributed by atoms with Gasteiger partial charge in [0.15, 0.2) is 12.6 Å². The largest absolute Gasteiger partial charge is 0.432 e. The van der Waals surface area contributed by atoms with E-state index in [1.54, 1.807) is 0 Å². The summed E-state index contributed by atoms with van der Waals surface area (Å²) in [7, 11) is 0. The number of ether oxygens (including phenoxy) is 6. The molecule has 66 heavy (non-hydrogen) atoms. The smallest absolute Gasteiger partial charge is 0.315 e. The Labute approximate surface area is 384 Å². The lowest BCUT2D eigenvalue weighted by Gasteiger charge is -2.71. The molecule has 0 radical (unpaired) electrons. The third kappa shape index (κ3) is 7.70. The van der Waals surface area contributed by atoms with Gasteiger partial charge in [0.1, 0.15) is 67.1 Å². The van der Waals surface area contributed by atoms with E-state index in [0.717, 1.165) is 24.0 Å². The zero-order valence-electron chi connectivity index (χ0n) is 38.5. The van der Waals surface area contributed by atoms with E-state index < -0.39 is 134 Å². The third-order valence-corrected chi connectivity index (χ3v) is 18.8. The molecular formula is C47H74O19. The Balaban J connectivity index is 0.971. The molecule has 4 saturated carbocycles. The Kier molecular flexibility index (Phi) is 13.9. The number of allylic oxidation sites excluding steroid dienone is 3. The number of fused-ring (bicyclic) bond motifs is 7. The lowest BCUT2D eigenvalue weighted by molar-refractivity contribution is -0.361. The highest BCUT2D eigenvalue weighted by atomic mass is 16.8. The summed E-state index contributed by atoms with van der Waals surface area (Å²) in [4.78, 5) is 14.8. The molecule has 8 aliphatic rings. The van der Waals surface area contributed by atoms with Crippen LogP contribution in [-0.4, -0.2) is 191 Å². The second-order valence-corrected chi connectivity index (χ2v) is 22.1. The van der Waals surface area contributed by atoms with Crippen LogP contribution in [-0.2, 0) is 33.2 Å². The van der Waals surface area contributed by atoms with Gasteiger partial charge in [0.25, 0.3) is 0 Å². The SMILES string of the molecule is C=C1CC[C@]2(C(=O)O[C@@H]3O[C@H](CO[C@@H]4O[C@H](CO)[C@@H](O[C@@H]5O[C@@H](C)[C@H](O)[C@@H](O)[C@H]5O)[C@H](O)[C@H]4O)[C@@H](O)[C@H](O)[C@H]3O)CC[C@]3(C)C(=CC[C@@H]4[C@@]5(C)C[C@@H](O)[C@H](O)[C@@](C)(CO)[C@@H]5CC[C@]43C)[C@@H]2C1. The van der Waals surface area contributed by atoms with Crippen LogP contribution in [0.5, 0.6) is 0 Å². The Morgan fingerprint density at radius 3 is 2.09 bits per heavy atom. The summed E-state index contributed by atoms with van der Waals surface area (Å²) in [6.45, 7) is 12.8. The van der Waals surface area contributed by atoms with E-state index in [0.29, 0.717) is 44.9 Å². The van der Waals surface area contributed by atoms with Gasteiger partial charge in [-0.3, -0.25) is 4.79 Å². The predicted octanol–water partition coefficient (Wildman–Crippen LogP) is -1.36. The first-order valence-electron chi connectivity index (χ1n) is 23.8. The van der Waals surface area contributed by atoms with Crippen LogP contribution < -0.4 is 0 Å². The number of esters is 1. The maximum Gasteiger partial charge on any atom is 0.315 e. The van der Waals surface area contributed by atoms with Crippen LogP contribution in [0.1, 0.15) is 92.4 Å². The highest BCUT2D eigenvalue weighted by Gasteiger charge is 2.70. The quantitative estimate of drug-likeness (QED) is 0.0939. The fourth-order valence-electron chi connectivity index (χ4n) is 14.5. The maximum atomic E-state index is 14.8. The Morgan fingerprint density at radius 2 is 1.41 bits per heavy atom. The monoisotopic (exact) mass is 942 g/mol. The fraction of sp³-hybridized carbons (Fsp3) is 0.894. The summed E-state index contributed by atoms with van der Waals surface area (Å²) >= 11 is 0. The van der Waals surface area contributed by atoms with E-state index in [1.807, 2.05) is 6.92 Å². The molecule has 8 rings (SSSR count). The van der Waals surface area contributed by atoms with Gasteiger partial charge < -0.3 is 89.7 Å². The lowest BCUT2D eigenvalue weighted by Crippen LogP contribution is -2.68. The first kappa shape index (κ1) is 50.7. The van der Waals surface area contributed by atoms with Crippen molar-refractivity contribution in [3.8, 4) is 0 Å². The topological polar surface area (TPSA) is 315 Å². The van der Waals surface area contributed by atoms with E-state index in [-0.39, 0.29) is 40.6 Å². The number of carbonyl (C=O) groups excluding carboxylic acids is 1. The van der Waals surface area contributed by atoms with Gasteiger partial charge in [0.2, 0.25) is 6.29 Å². The van der Waals surface area contributed by atoms with Crippen molar-refractivity contribution in [2.45, 2.75) is 197 Å². The van der Waals surface area contributed by atoms with Crippen molar-refractivity contribution in [2.24, 2.45) is 44.8 Å². The molecule has 3 aliphatic heterocycles. The Hall–Kier alpha value is -1.73. The van der Waals surface area contributed by atoms with Gasteiger partial charge in [-0.2, -0.15) is 0 Å². The lowest BCUT2D eigenvalue weighted by atomic mass is 9.33. The van der Waals surface area contributed by atoms with Crippen molar-refractivity contribution in [2.75, 3.05) is 19.8 Å². The molecule has 19 heteroatoms. The highest BCUT2D eigenvalue weighted by molar-refractivity contribution is 5.79. The summed E-state index contributed by atoms with van der Waals surface area (Å²) < 4.78 is 34.5.